The molecule has 116 valence electrons. The van der Waals surface area contributed by atoms with E-state index >= 15 is 0 Å². The number of benzene rings is 1. The smallest absolute Gasteiger partial charge is 0.277 e. The number of carbonyl (C=O) groups is 1. The predicted molar refractivity (Wildman–Crippen MR) is 80.6 cm³/mol. The molecule has 0 aliphatic heterocycles. The molecule has 0 unspecified atom stereocenters. The Kier molecular flexibility index (Phi) is 3.74. The van der Waals surface area contributed by atoms with Gasteiger partial charge in [-0.2, -0.15) is 0 Å². The Balaban J connectivity index is 1.70. The minimum absolute atomic E-state index is 0.0432. The van der Waals surface area contributed by atoms with E-state index in [1.807, 2.05) is 0 Å². The average Bonchev–Trinajstić information content (AvgIpc) is 3.25. The highest BCUT2D eigenvalue weighted by molar-refractivity contribution is 7.91. The predicted octanol–water partition coefficient (Wildman–Crippen LogP) is 2.60. The maximum absolute atomic E-state index is 12.1. The monoisotopic (exact) mass is 320 g/mol. The summed E-state index contributed by atoms with van der Waals surface area (Å²) in [6, 6.07) is 7.73. The topological polar surface area (TPSA) is 89.3 Å². The number of carbonyl (C=O) groups excluding carboxylic acids is 1. The molecule has 1 fully saturated rings. The van der Waals surface area contributed by atoms with Crippen molar-refractivity contribution in [2.45, 2.75) is 30.6 Å². The first kappa shape index (κ1) is 14.8. The molecule has 1 N–H and O–H groups in total. The Morgan fingerprint density at radius 1 is 1.32 bits per heavy atom. The SMILES string of the molecule is CCS(=O)(=O)c1ccc(NC(=O)c2cc(C3CC3)on2)cc1. The summed E-state index contributed by atoms with van der Waals surface area (Å²) < 4.78 is 28.6. The van der Waals surface area contributed by atoms with Crippen molar-refractivity contribution in [3.63, 3.8) is 0 Å². The molecule has 6 nitrogen and oxygen atoms in total. The minimum Gasteiger partial charge on any atom is -0.360 e. The van der Waals surface area contributed by atoms with E-state index in [-0.39, 0.29) is 22.2 Å². The lowest BCUT2D eigenvalue weighted by Crippen LogP contribution is -2.12. The van der Waals surface area contributed by atoms with Crippen LogP contribution in [0.25, 0.3) is 0 Å². The van der Waals surface area contributed by atoms with Crippen LogP contribution in [-0.4, -0.2) is 25.2 Å². The number of sulfone groups is 1. The normalized spacial score (nSPS) is 14.8. The Labute approximate surface area is 128 Å². The summed E-state index contributed by atoms with van der Waals surface area (Å²) in [5, 5.41) is 6.43. The van der Waals surface area contributed by atoms with Crippen molar-refractivity contribution in [3.8, 4) is 0 Å². The molecule has 1 heterocycles. The summed E-state index contributed by atoms with van der Waals surface area (Å²) in [6.07, 6.45) is 2.15. The van der Waals surface area contributed by atoms with Crippen LogP contribution >= 0.6 is 0 Å². The van der Waals surface area contributed by atoms with Gasteiger partial charge in [-0.3, -0.25) is 4.79 Å². The van der Waals surface area contributed by atoms with Gasteiger partial charge in [0.25, 0.3) is 5.91 Å². The third kappa shape index (κ3) is 3.04. The quantitative estimate of drug-likeness (QED) is 0.914. The average molecular weight is 320 g/mol. The van der Waals surface area contributed by atoms with Gasteiger partial charge in [-0.1, -0.05) is 12.1 Å². The highest BCUT2D eigenvalue weighted by Gasteiger charge is 2.28. The van der Waals surface area contributed by atoms with Crippen LogP contribution in [0.3, 0.4) is 0 Å². The van der Waals surface area contributed by atoms with Crippen LogP contribution in [0.4, 0.5) is 5.69 Å². The molecule has 0 atom stereocenters. The fraction of sp³-hybridized carbons (Fsp3) is 0.333. The second-order valence-corrected chi connectivity index (χ2v) is 7.55. The van der Waals surface area contributed by atoms with Crippen LogP contribution in [0.1, 0.15) is 41.9 Å². The largest absolute Gasteiger partial charge is 0.360 e. The second-order valence-electron chi connectivity index (χ2n) is 5.27. The van der Waals surface area contributed by atoms with Gasteiger partial charge in [-0.15, -0.1) is 0 Å². The van der Waals surface area contributed by atoms with Crippen LogP contribution in [-0.2, 0) is 9.84 Å². The van der Waals surface area contributed by atoms with Gasteiger partial charge in [0, 0.05) is 17.7 Å². The third-order valence-electron chi connectivity index (χ3n) is 3.59. The summed E-state index contributed by atoms with van der Waals surface area (Å²) in [7, 11) is -3.23. The van der Waals surface area contributed by atoms with Crippen molar-refractivity contribution in [1.29, 1.82) is 0 Å². The summed E-state index contributed by atoms with van der Waals surface area (Å²) in [5.74, 6) is 0.811. The fourth-order valence-corrected chi connectivity index (χ4v) is 2.95. The van der Waals surface area contributed by atoms with Crippen LogP contribution in [0.15, 0.2) is 39.8 Å². The first-order valence-electron chi connectivity index (χ1n) is 7.10. The van der Waals surface area contributed by atoms with Crippen molar-refractivity contribution in [3.05, 3.63) is 41.8 Å². The highest BCUT2D eigenvalue weighted by atomic mass is 32.2. The Morgan fingerprint density at radius 2 is 2.00 bits per heavy atom. The summed E-state index contributed by atoms with van der Waals surface area (Å²) >= 11 is 0. The van der Waals surface area contributed by atoms with E-state index in [0.29, 0.717) is 11.6 Å². The van der Waals surface area contributed by atoms with E-state index in [2.05, 4.69) is 10.5 Å². The molecule has 1 aliphatic rings. The minimum atomic E-state index is -3.23. The van der Waals surface area contributed by atoms with E-state index in [9.17, 15) is 13.2 Å². The molecule has 0 saturated heterocycles. The lowest BCUT2D eigenvalue weighted by molar-refractivity contribution is 0.101. The molecule has 1 amide bonds. The van der Waals surface area contributed by atoms with Crippen molar-refractivity contribution < 1.29 is 17.7 Å². The number of amides is 1. The number of nitrogens with one attached hydrogen (secondary N) is 1. The molecule has 3 rings (SSSR count). The van der Waals surface area contributed by atoms with Crippen molar-refractivity contribution >= 4 is 21.4 Å². The lowest BCUT2D eigenvalue weighted by atomic mass is 10.2. The van der Waals surface area contributed by atoms with E-state index in [4.69, 9.17) is 4.52 Å². The number of aromatic nitrogens is 1. The number of rotatable bonds is 5. The van der Waals surface area contributed by atoms with Crippen molar-refractivity contribution in [2.24, 2.45) is 0 Å². The van der Waals surface area contributed by atoms with E-state index in [1.165, 1.54) is 12.1 Å². The van der Waals surface area contributed by atoms with Crippen molar-refractivity contribution in [2.75, 3.05) is 11.1 Å². The van der Waals surface area contributed by atoms with Crippen LogP contribution in [0, 0.1) is 0 Å². The van der Waals surface area contributed by atoms with Gasteiger partial charge in [-0.25, -0.2) is 8.42 Å². The molecule has 22 heavy (non-hydrogen) atoms. The van der Waals surface area contributed by atoms with Gasteiger partial charge in [0.05, 0.1) is 10.6 Å². The third-order valence-corrected chi connectivity index (χ3v) is 5.34. The van der Waals surface area contributed by atoms with Gasteiger partial charge >= 0.3 is 0 Å². The number of hydrogen-bond donors (Lipinski definition) is 1. The van der Waals surface area contributed by atoms with E-state index in [1.54, 1.807) is 25.1 Å². The molecule has 1 aromatic heterocycles. The van der Waals surface area contributed by atoms with Gasteiger partial charge in [0.2, 0.25) is 0 Å². The van der Waals surface area contributed by atoms with Gasteiger partial charge in [-0.05, 0) is 37.1 Å². The number of nitrogens with zero attached hydrogens (tertiary/aromatic N) is 1. The van der Waals surface area contributed by atoms with E-state index in [0.717, 1.165) is 18.6 Å². The molecule has 1 saturated carbocycles. The summed E-state index contributed by atoms with van der Waals surface area (Å²) in [5.41, 5.74) is 0.739. The Bertz CT molecular complexity index is 789. The number of anilines is 1. The zero-order valence-electron chi connectivity index (χ0n) is 12.1. The Hall–Kier alpha value is -2.15. The summed E-state index contributed by atoms with van der Waals surface area (Å²) in [4.78, 5) is 12.3. The van der Waals surface area contributed by atoms with E-state index < -0.39 is 9.84 Å². The van der Waals surface area contributed by atoms with Gasteiger partial charge in [0.15, 0.2) is 15.5 Å². The molecule has 0 bridgehead atoms. The molecule has 0 radical (unpaired) electrons. The first-order valence-corrected chi connectivity index (χ1v) is 8.75. The zero-order chi connectivity index (χ0) is 15.7. The van der Waals surface area contributed by atoms with Gasteiger partial charge in [0.1, 0.15) is 5.76 Å². The molecular weight excluding hydrogens is 304 g/mol. The Morgan fingerprint density at radius 3 is 2.59 bits per heavy atom. The standard InChI is InChI=1S/C15H16N2O4S/c1-2-22(19,20)12-7-5-11(6-8-12)16-15(18)13-9-14(21-17-13)10-3-4-10/h5-10H,2-4H2,1H3,(H,16,18). The molecule has 7 heteroatoms. The highest BCUT2D eigenvalue weighted by Crippen LogP contribution is 2.40. The van der Waals surface area contributed by atoms with Crippen LogP contribution < -0.4 is 5.32 Å². The molecule has 2 aromatic rings. The first-order chi connectivity index (χ1) is 10.5. The summed E-state index contributed by atoms with van der Waals surface area (Å²) in [6.45, 7) is 1.59. The maximum atomic E-state index is 12.1. The zero-order valence-corrected chi connectivity index (χ0v) is 12.9. The van der Waals surface area contributed by atoms with Crippen molar-refractivity contribution in [1.82, 2.24) is 5.16 Å². The van der Waals surface area contributed by atoms with Gasteiger partial charge < -0.3 is 9.84 Å². The maximum Gasteiger partial charge on any atom is 0.277 e. The lowest BCUT2D eigenvalue weighted by Gasteiger charge is -2.05. The van der Waals surface area contributed by atoms with Crippen LogP contribution in [0.2, 0.25) is 0 Å². The molecule has 1 aromatic carbocycles. The second kappa shape index (κ2) is 5.57. The van der Waals surface area contributed by atoms with Crippen LogP contribution in [0.5, 0.6) is 0 Å². The fourth-order valence-electron chi connectivity index (χ4n) is 2.06. The molecule has 1 aliphatic carbocycles. The number of hydrogen-bond acceptors (Lipinski definition) is 5. The molecular formula is C15H16N2O4S. The molecule has 0 spiro atoms.